The van der Waals surface area contributed by atoms with E-state index in [1.807, 2.05) is 6.08 Å². The molecule has 18 unspecified atom stereocenters. The van der Waals surface area contributed by atoms with E-state index in [4.69, 9.17) is 28.4 Å². The quantitative estimate of drug-likeness (QED) is 0.0237. The van der Waals surface area contributed by atoms with E-state index in [0.717, 1.165) is 71.1 Å². The Morgan fingerprint density at radius 1 is 0.639 bits per heavy atom. The molecule has 0 aromatic rings. The summed E-state index contributed by atoms with van der Waals surface area (Å²) in [7, 11) is 0. The molecule has 3 saturated heterocycles. The van der Waals surface area contributed by atoms with Crippen molar-refractivity contribution in [1.29, 1.82) is 0 Å². The number of hydrogen-bond acceptors (Lipinski definition) is 20. The molecule has 2 amide bonds. The fourth-order valence-corrected chi connectivity index (χ4v) is 10.6. The van der Waals surface area contributed by atoms with Crippen LogP contribution in [-0.4, -0.2) is 215 Å². The lowest BCUT2D eigenvalue weighted by molar-refractivity contribution is -0.386. The van der Waals surface area contributed by atoms with Crippen molar-refractivity contribution in [3.05, 3.63) is 36.5 Å². The van der Waals surface area contributed by atoms with Gasteiger partial charge in [0.25, 0.3) is 5.79 Å². The highest BCUT2D eigenvalue weighted by molar-refractivity contribution is 5.77. The van der Waals surface area contributed by atoms with Crippen LogP contribution in [0.25, 0.3) is 0 Å². The van der Waals surface area contributed by atoms with E-state index in [-0.39, 0.29) is 12.3 Å². The second-order valence-electron chi connectivity index (χ2n) is 22.6. The Bertz CT molecular complexity index is 1850. The molecule has 83 heavy (non-hydrogen) atoms. The SMILES string of the molecule is CCCCC/C=C\C=C/CCCCCCCCC(=O)NC(COC1OC(CO)C(OC2OC(CO)C(O)C(OC3(C(=O)O)CC(O)C(NC(C)=O)C(C(O)C(O)CO)O3)C2O)C(O)C1O)C(O)/C=C/CCCCCCCCCCCCCC. The van der Waals surface area contributed by atoms with Gasteiger partial charge in [-0.3, -0.25) is 9.59 Å². The lowest BCUT2D eigenvalue weighted by atomic mass is 9.88. The average Bonchev–Trinajstić information content (AvgIpc) is 2.86. The van der Waals surface area contributed by atoms with E-state index < -0.39 is 155 Å². The standard InChI is InChI=1S/C60H106N2O21/c1-4-6-8-10-12-14-16-18-20-22-24-26-28-30-32-34-47(70)62-41(42(67)33-31-29-27-25-23-21-19-17-15-13-11-9-7-5-2)39-78-57-52(74)51(73)54(46(38-65)80-57)81-58-53(75)56(50(72)45(37-64)79-58)83-60(59(76)77)35-43(68)48(61-40(3)66)55(82-60)49(71)44(69)36-63/h12,14,16,18,31,33,41-46,48-58,63-65,67-69,71-75H,4-11,13,15,17,19-30,32,34-39H2,1-3H3,(H,61,66)(H,62,70)(H,76,77)/b14-12-,18-16-,33-31+. The molecule has 0 radical (unpaired) electrons. The summed E-state index contributed by atoms with van der Waals surface area (Å²) in [6.45, 7) is 2.05. The minimum Gasteiger partial charge on any atom is -0.477 e. The zero-order valence-corrected chi connectivity index (χ0v) is 49.5. The van der Waals surface area contributed by atoms with Gasteiger partial charge >= 0.3 is 5.97 Å². The minimum atomic E-state index is -3.08. The van der Waals surface area contributed by atoms with Gasteiger partial charge in [-0.25, -0.2) is 4.79 Å². The first-order chi connectivity index (χ1) is 39.9. The van der Waals surface area contributed by atoms with E-state index in [1.54, 1.807) is 6.08 Å². The van der Waals surface area contributed by atoms with Crippen molar-refractivity contribution in [2.24, 2.45) is 0 Å². The molecule has 0 aliphatic carbocycles. The van der Waals surface area contributed by atoms with E-state index in [9.17, 15) is 75.7 Å². The predicted molar refractivity (Wildman–Crippen MR) is 306 cm³/mol. The van der Waals surface area contributed by atoms with E-state index >= 15 is 0 Å². The van der Waals surface area contributed by atoms with Crippen molar-refractivity contribution in [2.45, 2.75) is 298 Å². The number of aliphatic carboxylic acids is 1. The molecule has 3 fully saturated rings. The molecule has 0 saturated carbocycles. The summed E-state index contributed by atoms with van der Waals surface area (Å²) in [5.74, 6) is -6.16. The molecule has 0 aromatic heterocycles. The van der Waals surface area contributed by atoms with Crippen molar-refractivity contribution >= 4 is 17.8 Å². The van der Waals surface area contributed by atoms with Crippen molar-refractivity contribution < 1.29 is 104 Å². The van der Waals surface area contributed by atoms with E-state index in [0.29, 0.717) is 12.8 Å². The number of aliphatic hydroxyl groups excluding tert-OH is 11. The van der Waals surface area contributed by atoms with E-state index in [2.05, 4.69) is 48.8 Å². The van der Waals surface area contributed by atoms with Crippen molar-refractivity contribution in [2.75, 3.05) is 26.4 Å². The first kappa shape index (κ1) is 74.2. The van der Waals surface area contributed by atoms with Gasteiger partial charge < -0.3 is 100 Å². The van der Waals surface area contributed by atoms with Crippen LogP contribution in [0.2, 0.25) is 0 Å². The molecule has 3 rings (SSSR count). The summed E-state index contributed by atoms with van der Waals surface area (Å²) in [5, 5.41) is 135. The average molecular weight is 1190 g/mol. The van der Waals surface area contributed by atoms with Crippen molar-refractivity contribution in [3.8, 4) is 0 Å². The molecule has 23 nitrogen and oxygen atoms in total. The van der Waals surface area contributed by atoms with Crippen LogP contribution in [0.1, 0.15) is 188 Å². The molecule has 482 valence electrons. The van der Waals surface area contributed by atoms with Gasteiger partial charge in [-0.15, -0.1) is 0 Å². The van der Waals surface area contributed by atoms with Crippen LogP contribution in [0.5, 0.6) is 0 Å². The van der Waals surface area contributed by atoms with E-state index in [1.165, 1.54) is 77.0 Å². The molecule has 3 aliphatic heterocycles. The van der Waals surface area contributed by atoms with Gasteiger partial charge in [-0.05, 0) is 44.9 Å². The summed E-state index contributed by atoms with van der Waals surface area (Å²) in [6, 6.07) is -2.62. The first-order valence-electron chi connectivity index (χ1n) is 30.9. The number of carbonyl (C=O) groups excluding carboxylic acids is 2. The van der Waals surface area contributed by atoms with Crippen LogP contribution in [0.3, 0.4) is 0 Å². The number of rotatable bonds is 44. The zero-order chi connectivity index (χ0) is 61.2. The zero-order valence-electron chi connectivity index (χ0n) is 49.5. The fraction of sp³-hybridized carbons (Fsp3) is 0.850. The molecule has 0 spiro atoms. The molecule has 3 aliphatic rings. The highest BCUT2D eigenvalue weighted by Gasteiger charge is 2.60. The van der Waals surface area contributed by atoms with Gasteiger partial charge in [0.05, 0.1) is 50.7 Å². The number of aliphatic hydroxyl groups is 11. The number of carboxylic acid groups (broad SMARTS) is 1. The Hall–Kier alpha value is -3.05. The van der Waals surface area contributed by atoms with Gasteiger partial charge in [-0.2, -0.15) is 0 Å². The topological polar surface area (TPSA) is 373 Å². The Labute approximate surface area is 491 Å². The Balaban J connectivity index is 1.67. The van der Waals surface area contributed by atoms with Crippen LogP contribution in [0, 0.1) is 0 Å². The second kappa shape index (κ2) is 41.9. The smallest absolute Gasteiger partial charge is 0.364 e. The number of nitrogens with one attached hydrogen (secondary N) is 2. The second-order valence-corrected chi connectivity index (χ2v) is 22.6. The van der Waals surface area contributed by atoms with Gasteiger partial charge in [0.1, 0.15) is 67.1 Å². The normalized spacial score (nSPS) is 30.2. The van der Waals surface area contributed by atoms with Gasteiger partial charge in [0.2, 0.25) is 11.8 Å². The Kier molecular flexibility index (Phi) is 37.5. The van der Waals surface area contributed by atoms with Crippen LogP contribution < -0.4 is 10.6 Å². The molecular weight excluding hydrogens is 1080 g/mol. The molecular formula is C60H106N2O21. The minimum absolute atomic E-state index is 0.185. The largest absolute Gasteiger partial charge is 0.477 e. The maximum Gasteiger partial charge on any atom is 0.364 e. The fourth-order valence-electron chi connectivity index (χ4n) is 10.6. The maximum absolute atomic E-state index is 13.4. The number of amides is 2. The number of carboxylic acids is 1. The lowest BCUT2D eigenvalue weighted by Crippen LogP contribution is -2.70. The van der Waals surface area contributed by atoms with Crippen LogP contribution in [0.4, 0.5) is 0 Å². The van der Waals surface area contributed by atoms with Crippen LogP contribution in [0.15, 0.2) is 36.5 Å². The molecule has 0 bridgehead atoms. The molecule has 18 atom stereocenters. The van der Waals surface area contributed by atoms with Crippen molar-refractivity contribution in [3.63, 3.8) is 0 Å². The van der Waals surface area contributed by atoms with Crippen LogP contribution in [-0.2, 0) is 42.8 Å². The monoisotopic (exact) mass is 1190 g/mol. The molecule has 3 heterocycles. The first-order valence-corrected chi connectivity index (χ1v) is 30.9. The summed E-state index contributed by atoms with van der Waals surface area (Å²) in [4.78, 5) is 38.4. The molecule has 0 aromatic carbocycles. The summed E-state index contributed by atoms with van der Waals surface area (Å²) in [5.41, 5.74) is 0. The lowest BCUT2D eigenvalue weighted by Gasteiger charge is -2.50. The molecule has 23 heteroatoms. The third kappa shape index (κ3) is 26.1. The highest BCUT2D eigenvalue weighted by atomic mass is 16.8. The molecule has 14 N–H and O–H groups in total. The third-order valence-electron chi connectivity index (χ3n) is 15.6. The number of allylic oxidation sites excluding steroid dienone is 5. The van der Waals surface area contributed by atoms with Gasteiger partial charge in [-0.1, -0.05) is 159 Å². The number of carbonyl (C=O) groups is 3. The summed E-state index contributed by atoms with van der Waals surface area (Å²) in [6.07, 6.45) is 9.19. The Morgan fingerprint density at radius 2 is 1.16 bits per heavy atom. The van der Waals surface area contributed by atoms with Gasteiger partial charge in [0.15, 0.2) is 12.6 Å². The van der Waals surface area contributed by atoms with Crippen molar-refractivity contribution in [1.82, 2.24) is 10.6 Å². The summed E-state index contributed by atoms with van der Waals surface area (Å²) >= 11 is 0. The third-order valence-corrected chi connectivity index (χ3v) is 15.6. The highest BCUT2D eigenvalue weighted by Crippen LogP contribution is 2.38. The maximum atomic E-state index is 13.4. The van der Waals surface area contributed by atoms with Gasteiger partial charge in [0, 0.05) is 19.8 Å². The summed E-state index contributed by atoms with van der Waals surface area (Å²) < 4.78 is 34.7. The predicted octanol–water partition coefficient (Wildman–Crippen LogP) is 3.11. The number of unbranched alkanes of at least 4 members (excludes halogenated alkanes) is 21. The van der Waals surface area contributed by atoms with Crippen LogP contribution >= 0.6 is 0 Å². The Morgan fingerprint density at radius 3 is 1.70 bits per heavy atom. The number of hydrogen-bond donors (Lipinski definition) is 14. The number of ether oxygens (including phenoxy) is 6.